The van der Waals surface area contributed by atoms with Gasteiger partial charge in [0.25, 0.3) is 5.56 Å². The van der Waals surface area contributed by atoms with Crippen molar-refractivity contribution in [2.45, 2.75) is 33.7 Å². The first-order chi connectivity index (χ1) is 11.9. The third-order valence-corrected chi connectivity index (χ3v) is 5.09. The Labute approximate surface area is 157 Å². The molecule has 0 radical (unpaired) electrons. The van der Waals surface area contributed by atoms with Gasteiger partial charge in [-0.25, -0.2) is 4.79 Å². The first-order valence-corrected chi connectivity index (χ1v) is 9.43. The quantitative estimate of drug-likeness (QED) is 0.718. The number of ether oxygens (including phenoxy) is 1. The summed E-state index contributed by atoms with van der Waals surface area (Å²) < 4.78 is 7.11. The second-order valence-corrected chi connectivity index (χ2v) is 7.42. The van der Waals surface area contributed by atoms with Gasteiger partial charge in [0.2, 0.25) is 5.91 Å². The molecule has 0 aliphatic carbocycles. The molecular formula is C17H19BrN2O4S. The number of aromatic nitrogens is 1. The molecule has 2 aromatic rings. The van der Waals surface area contributed by atoms with Crippen molar-refractivity contribution in [3.8, 4) is 0 Å². The molecule has 2 heterocycles. The van der Waals surface area contributed by atoms with E-state index in [0.717, 1.165) is 10.4 Å². The Balaban J connectivity index is 2.27. The zero-order valence-electron chi connectivity index (χ0n) is 14.2. The topological polar surface area (TPSA) is 77.4 Å². The number of esters is 1. The summed E-state index contributed by atoms with van der Waals surface area (Å²) in [5.74, 6) is -0.826. The van der Waals surface area contributed by atoms with Crippen LogP contribution in [0.15, 0.2) is 27.6 Å². The molecule has 134 valence electrons. The molecule has 0 saturated carbocycles. The summed E-state index contributed by atoms with van der Waals surface area (Å²) >= 11 is 4.61. The Morgan fingerprint density at radius 3 is 2.68 bits per heavy atom. The van der Waals surface area contributed by atoms with E-state index in [1.807, 2.05) is 13.8 Å². The van der Waals surface area contributed by atoms with Gasteiger partial charge in [-0.15, -0.1) is 11.3 Å². The monoisotopic (exact) mass is 426 g/mol. The summed E-state index contributed by atoms with van der Waals surface area (Å²) in [6, 6.07) is 3.00. The Bertz CT molecular complexity index is 857. The lowest BCUT2D eigenvalue weighted by Crippen LogP contribution is -2.27. The fourth-order valence-corrected chi connectivity index (χ4v) is 3.99. The molecule has 0 atom stereocenters. The summed E-state index contributed by atoms with van der Waals surface area (Å²) in [4.78, 5) is 37.4. The second kappa shape index (κ2) is 8.44. The van der Waals surface area contributed by atoms with E-state index in [1.54, 1.807) is 19.2 Å². The van der Waals surface area contributed by atoms with Gasteiger partial charge in [-0.1, -0.05) is 6.92 Å². The lowest BCUT2D eigenvalue weighted by atomic mass is 10.1. The van der Waals surface area contributed by atoms with Crippen LogP contribution in [0, 0.1) is 6.92 Å². The average molecular weight is 427 g/mol. The Kier molecular flexibility index (Phi) is 6.55. The first-order valence-electron chi connectivity index (χ1n) is 7.82. The van der Waals surface area contributed by atoms with Crippen LogP contribution in [0.25, 0.3) is 0 Å². The molecule has 0 bridgehead atoms. The van der Waals surface area contributed by atoms with Crippen LogP contribution < -0.4 is 10.9 Å². The molecule has 2 aromatic heterocycles. The normalized spacial score (nSPS) is 10.6. The number of halogens is 1. The van der Waals surface area contributed by atoms with Gasteiger partial charge < -0.3 is 14.6 Å². The van der Waals surface area contributed by atoms with Gasteiger partial charge in [0, 0.05) is 21.6 Å². The van der Waals surface area contributed by atoms with Gasteiger partial charge in [-0.05, 0) is 47.8 Å². The number of hydrogen-bond acceptors (Lipinski definition) is 5. The molecule has 2 rings (SSSR count). The van der Waals surface area contributed by atoms with E-state index in [9.17, 15) is 14.4 Å². The minimum absolute atomic E-state index is 0.140. The van der Waals surface area contributed by atoms with Crippen LogP contribution in [0.5, 0.6) is 0 Å². The number of hydrogen-bond donors (Lipinski definition) is 1. The van der Waals surface area contributed by atoms with Crippen LogP contribution in [0.2, 0.25) is 0 Å². The number of carbonyl (C=O) groups excluding carboxylic acids is 2. The molecule has 25 heavy (non-hydrogen) atoms. The van der Waals surface area contributed by atoms with Gasteiger partial charge >= 0.3 is 5.97 Å². The minimum Gasteiger partial charge on any atom is -0.462 e. The highest BCUT2D eigenvalue weighted by Crippen LogP contribution is 2.34. The van der Waals surface area contributed by atoms with Gasteiger partial charge in [0.15, 0.2) is 0 Å². The van der Waals surface area contributed by atoms with Crippen LogP contribution in [-0.4, -0.2) is 23.1 Å². The third kappa shape index (κ3) is 4.58. The number of pyridine rings is 1. The SMILES string of the molecule is CCOC(=O)c1c(NC(=O)Cn2cc(Br)ccc2=O)sc(C)c1CC. The maximum atomic E-state index is 12.4. The van der Waals surface area contributed by atoms with E-state index < -0.39 is 5.97 Å². The molecule has 0 unspecified atom stereocenters. The number of anilines is 1. The van der Waals surface area contributed by atoms with Crippen molar-refractivity contribution in [2.24, 2.45) is 0 Å². The molecule has 0 saturated heterocycles. The number of nitrogens with zero attached hydrogens (tertiary/aromatic N) is 1. The van der Waals surface area contributed by atoms with E-state index >= 15 is 0 Å². The molecule has 0 aliphatic heterocycles. The van der Waals surface area contributed by atoms with Crippen LogP contribution in [0.1, 0.15) is 34.6 Å². The summed E-state index contributed by atoms with van der Waals surface area (Å²) in [7, 11) is 0. The van der Waals surface area contributed by atoms with E-state index in [1.165, 1.54) is 22.0 Å². The van der Waals surface area contributed by atoms with Crippen LogP contribution in [0.4, 0.5) is 5.00 Å². The van der Waals surface area contributed by atoms with Crippen molar-refractivity contribution in [3.05, 3.63) is 49.2 Å². The molecule has 0 fully saturated rings. The number of rotatable bonds is 6. The van der Waals surface area contributed by atoms with Crippen molar-refractivity contribution >= 4 is 44.1 Å². The van der Waals surface area contributed by atoms with Gasteiger partial charge in [-0.3, -0.25) is 9.59 Å². The lowest BCUT2D eigenvalue weighted by molar-refractivity contribution is -0.116. The molecule has 0 aliphatic rings. The summed E-state index contributed by atoms with van der Waals surface area (Å²) in [5, 5.41) is 3.20. The third-order valence-electron chi connectivity index (χ3n) is 3.56. The smallest absolute Gasteiger partial charge is 0.341 e. The number of aryl methyl sites for hydroxylation is 1. The molecule has 0 aromatic carbocycles. The highest BCUT2D eigenvalue weighted by atomic mass is 79.9. The highest BCUT2D eigenvalue weighted by molar-refractivity contribution is 9.10. The van der Waals surface area contributed by atoms with Crippen molar-refractivity contribution in [3.63, 3.8) is 0 Å². The molecule has 8 heteroatoms. The van der Waals surface area contributed by atoms with Crippen molar-refractivity contribution in [1.29, 1.82) is 0 Å². The number of thiophene rings is 1. The van der Waals surface area contributed by atoms with Crippen molar-refractivity contribution in [2.75, 3.05) is 11.9 Å². The second-order valence-electron chi connectivity index (χ2n) is 5.28. The summed E-state index contributed by atoms with van der Waals surface area (Å²) in [6.45, 7) is 5.71. The molecule has 0 spiro atoms. The van der Waals surface area contributed by atoms with E-state index in [2.05, 4.69) is 21.2 Å². The maximum Gasteiger partial charge on any atom is 0.341 e. The lowest BCUT2D eigenvalue weighted by Gasteiger charge is -2.09. The van der Waals surface area contributed by atoms with Gasteiger partial charge in [0.05, 0.1) is 12.2 Å². The Hall–Kier alpha value is -1.93. The zero-order chi connectivity index (χ0) is 18.6. The van der Waals surface area contributed by atoms with Crippen molar-refractivity contribution < 1.29 is 14.3 Å². The summed E-state index contributed by atoms with van der Waals surface area (Å²) in [6.07, 6.45) is 2.21. The van der Waals surface area contributed by atoms with E-state index in [-0.39, 0.29) is 24.6 Å². The van der Waals surface area contributed by atoms with Gasteiger partial charge in [-0.2, -0.15) is 0 Å². The van der Waals surface area contributed by atoms with Gasteiger partial charge in [0.1, 0.15) is 11.5 Å². The standard InChI is InChI=1S/C17H19BrN2O4S/c1-4-12-10(3)25-16(15(12)17(23)24-5-2)19-13(21)9-20-8-11(18)6-7-14(20)22/h6-8H,4-5,9H2,1-3H3,(H,19,21). The minimum atomic E-state index is -0.446. The predicted octanol–water partition coefficient (Wildman–Crippen LogP) is 3.36. The predicted molar refractivity (Wildman–Crippen MR) is 101 cm³/mol. The van der Waals surface area contributed by atoms with Crippen LogP contribution >= 0.6 is 27.3 Å². The largest absolute Gasteiger partial charge is 0.462 e. The fraction of sp³-hybridized carbons (Fsp3) is 0.353. The molecule has 1 N–H and O–H groups in total. The Morgan fingerprint density at radius 1 is 1.32 bits per heavy atom. The average Bonchev–Trinajstić information content (AvgIpc) is 2.86. The number of carbonyl (C=O) groups is 2. The molecular weight excluding hydrogens is 408 g/mol. The Morgan fingerprint density at radius 2 is 2.04 bits per heavy atom. The number of nitrogens with one attached hydrogen (secondary N) is 1. The van der Waals surface area contributed by atoms with E-state index in [0.29, 0.717) is 21.5 Å². The molecule has 6 nitrogen and oxygen atoms in total. The first kappa shape index (κ1) is 19.4. The summed E-state index contributed by atoms with van der Waals surface area (Å²) in [5.41, 5.74) is 1.00. The number of amides is 1. The van der Waals surface area contributed by atoms with Crippen LogP contribution in [-0.2, 0) is 22.5 Å². The zero-order valence-corrected chi connectivity index (χ0v) is 16.6. The maximum absolute atomic E-state index is 12.4. The van der Waals surface area contributed by atoms with Crippen molar-refractivity contribution in [1.82, 2.24) is 4.57 Å². The van der Waals surface area contributed by atoms with Crippen LogP contribution in [0.3, 0.4) is 0 Å². The fourth-order valence-electron chi connectivity index (χ4n) is 2.46. The molecule has 1 amide bonds. The van der Waals surface area contributed by atoms with E-state index in [4.69, 9.17) is 4.74 Å². The highest BCUT2D eigenvalue weighted by Gasteiger charge is 2.23.